The molecule has 0 unspecified atom stereocenters. The molecule has 3 N–H and O–H groups in total. The first-order valence-electron chi connectivity index (χ1n) is 8.43. The van der Waals surface area contributed by atoms with E-state index in [2.05, 4.69) is 11.9 Å². The summed E-state index contributed by atoms with van der Waals surface area (Å²) in [5, 5.41) is 3.00. The number of ether oxygens (including phenoxy) is 1. The van der Waals surface area contributed by atoms with E-state index in [0.717, 1.165) is 3.57 Å². The lowest BCUT2D eigenvalue weighted by molar-refractivity contribution is 0.224. The van der Waals surface area contributed by atoms with E-state index in [0.29, 0.717) is 47.8 Å². The Kier molecular flexibility index (Phi) is 6.01. The fourth-order valence-electron chi connectivity index (χ4n) is 2.86. The van der Waals surface area contributed by atoms with Crippen LogP contribution in [0.3, 0.4) is 0 Å². The van der Waals surface area contributed by atoms with Gasteiger partial charge >= 0.3 is 0 Å². The molecule has 0 fully saturated rings. The van der Waals surface area contributed by atoms with Gasteiger partial charge in [0.15, 0.2) is 0 Å². The lowest BCUT2D eigenvalue weighted by Crippen LogP contribution is -2.19. The molecule has 0 atom stereocenters. The Morgan fingerprint density at radius 3 is 2.70 bits per heavy atom. The smallest absolute Gasteiger partial charge is 0.147 e. The van der Waals surface area contributed by atoms with Crippen molar-refractivity contribution in [2.75, 3.05) is 30.4 Å². The number of nitrogens with two attached hydrogens (primary N) is 1. The Morgan fingerprint density at radius 1 is 1.22 bits per heavy atom. The maximum Gasteiger partial charge on any atom is 0.147 e. The van der Waals surface area contributed by atoms with Crippen molar-refractivity contribution in [1.29, 1.82) is 0 Å². The van der Waals surface area contributed by atoms with Crippen LogP contribution in [0.1, 0.15) is 12.0 Å². The van der Waals surface area contributed by atoms with Crippen molar-refractivity contribution in [1.82, 2.24) is 0 Å². The lowest BCUT2D eigenvalue weighted by Gasteiger charge is -2.29. The van der Waals surface area contributed by atoms with Crippen LogP contribution in [0.2, 0.25) is 0 Å². The summed E-state index contributed by atoms with van der Waals surface area (Å²) in [5.41, 5.74) is 8.10. The molecule has 0 saturated carbocycles. The van der Waals surface area contributed by atoms with Crippen LogP contribution >= 0.6 is 22.6 Å². The topological polar surface area (TPSA) is 50.5 Å². The summed E-state index contributed by atoms with van der Waals surface area (Å²) < 4.78 is 35.1. The Balaban J connectivity index is 2.00. The number of benzene rings is 2. The van der Waals surface area contributed by atoms with Crippen LogP contribution in [0.15, 0.2) is 48.9 Å². The fourth-order valence-corrected chi connectivity index (χ4v) is 3.31. The minimum atomic E-state index is -0.428. The van der Waals surface area contributed by atoms with Gasteiger partial charge in [-0.15, -0.1) is 0 Å². The predicted octanol–water partition coefficient (Wildman–Crippen LogP) is 4.98. The minimum absolute atomic E-state index is 0.263. The quantitative estimate of drug-likeness (QED) is 0.450. The molecule has 4 nitrogen and oxygen atoms in total. The first kappa shape index (κ1) is 19.6. The summed E-state index contributed by atoms with van der Waals surface area (Å²) in [6, 6.07) is 7.57. The number of nitrogens with one attached hydrogen (secondary N) is 1. The molecule has 7 heteroatoms. The molecular formula is C20H20F2IN3O. The average molecular weight is 483 g/mol. The molecule has 2 aromatic carbocycles. The zero-order valence-corrected chi connectivity index (χ0v) is 17.0. The average Bonchev–Trinajstić information content (AvgIpc) is 2.61. The Hall–Kier alpha value is -2.13. The van der Waals surface area contributed by atoms with Crippen LogP contribution in [0, 0.1) is 15.2 Å². The highest BCUT2D eigenvalue weighted by molar-refractivity contribution is 14.1. The largest absolute Gasteiger partial charge is 0.491 e. The Labute approximate surface area is 170 Å². The standard InChI is InChI=1S/C20H20F2IN3O/c1-12-19(27-7-3-6-24)11-26(2)18-9-13(21)8-17(20(12)18)25-16-5-4-14(23)10-15(16)22/h4-5,8-11,25H,1,3,6-7,24H2,2H3. The number of hydrogen-bond donors (Lipinski definition) is 2. The first-order valence-corrected chi connectivity index (χ1v) is 9.51. The summed E-state index contributed by atoms with van der Waals surface area (Å²) in [4.78, 5) is 1.76. The highest BCUT2D eigenvalue weighted by atomic mass is 127. The predicted molar refractivity (Wildman–Crippen MR) is 114 cm³/mol. The summed E-state index contributed by atoms with van der Waals surface area (Å²) in [6.07, 6.45) is 2.47. The van der Waals surface area contributed by atoms with Crippen LogP contribution in [0.25, 0.3) is 5.57 Å². The van der Waals surface area contributed by atoms with E-state index < -0.39 is 11.6 Å². The number of rotatable bonds is 6. The van der Waals surface area contributed by atoms with Crippen molar-refractivity contribution in [3.63, 3.8) is 0 Å². The molecule has 1 aliphatic rings. The number of fused-ring (bicyclic) bond motifs is 1. The van der Waals surface area contributed by atoms with Crippen molar-refractivity contribution < 1.29 is 13.5 Å². The van der Waals surface area contributed by atoms with Crippen LogP contribution < -0.4 is 16.0 Å². The third-order valence-corrected chi connectivity index (χ3v) is 4.85. The van der Waals surface area contributed by atoms with Gasteiger partial charge in [0.25, 0.3) is 0 Å². The van der Waals surface area contributed by atoms with E-state index in [1.54, 1.807) is 30.3 Å². The van der Waals surface area contributed by atoms with E-state index in [4.69, 9.17) is 10.5 Å². The lowest BCUT2D eigenvalue weighted by atomic mass is 9.97. The maximum atomic E-state index is 14.3. The second-order valence-corrected chi connectivity index (χ2v) is 7.42. The van der Waals surface area contributed by atoms with E-state index in [9.17, 15) is 8.78 Å². The molecule has 0 spiro atoms. The molecule has 0 aliphatic carbocycles. The number of anilines is 3. The molecule has 27 heavy (non-hydrogen) atoms. The highest BCUT2D eigenvalue weighted by Crippen LogP contribution is 2.42. The van der Waals surface area contributed by atoms with Crippen LogP contribution in [-0.4, -0.2) is 20.2 Å². The van der Waals surface area contributed by atoms with Gasteiger partial charge < -0.3 is 20.7 Å². The molecule has 0 bridgehead atoms. The molecule has 3 rings (SSSR count). The third-order valence-electron chi connectivity index (χ3n) is 4.18. The molecule has 1 aliphatic heterocycles. The molecule has 1 heterocycles. The van der Waals surface area contributed by atoms with Gasteiger partial charge in [-0.3, -0.25) is 0 Å². The van der Waals surface area contributed by atoms with Gasteiger partial charge in [-0.05, 0) is 65.9 Å². The van der Waals surface area contributed by atoms with Gasteiger partial charge in [0.1, 0.15) is 17.4 Å². The number of allylic oxidation sites excluding steroid dienone is 1. The first-order chi connectivity index (χ1) is 12.9. The molecule has 0 amide bonds. The monoisotopic (exact) mass is 483 g/mol. The zero-order chi connectivity index (χ0) is 19.6. The maximum absolute atomic E-state index is 14.3. The van der Waals surface area contributed by atoms with Crippen molar-refractivity contribution in [3.05, 3.63) is 69.6 Å². The van der Waals surface area contributed by atoms with Crippen molar-refractivity contribution in [2.24, 2.45) is 5.73 Å². The van der Waals surface area contributed by atoms with E-state index in [1.165, 1.54) is 18.2 Å². The second-order valence-electron chi connectivity index (χ2n) is 6.17. The fraction of sp³-hybridized carbons (Fsp3) is 0.200. The number of halogens is 3. The molecule has 142 valence electrons. The molecule has 0 saturated heterocycles. The molecule has 2 aromatic rings. The van der Waals surface area contributed by atoms with Gasteiger partial charge in [-0.1, -0.05) is 6.58 Å². The number of hydrogen-bond acceptors (Lipinski definition) is 4. The molecule has 0 radical (unpaired) electrons. The number of nitrogens with zero attached hydrogens (tertiary/aromatic N) is 1. The van der Waals surface area contributed by atoms with Crippen molar-refractivity contribution in [3.8, 4) is 0 Å². The summed E-state index contributed by atoms with van der Waals surface area (Å²) in [7, 11) is 1.80. The minimum Gasteiger partial charge on any atom is -0.491 e. The molecular weight excluding hydrogens is 463 g/mol. The van der Waals surface area contributed by atoms with Crippen molar-refractivity contribution in [2.45, 2.75) is 6.42 Å². The second kappa shape index (κ2) is 8.26. The van der Waals surface area contributed by atoms with E-state index in [1.807, 2.05) is 22.6 Å². The Bertz CT molecular complexity index is 914. The van der Waals surface area contributed by atoms with Gasteiger partial charge in [0.05, 0.1) is 23.7 Å². The summed E-state index contributed by atoms with van der Waals surface area (Å²) >= 11 is 2.04. The van der Waals surface area contributed by atoms with E-state index >= 15 is 0 Å². The van der Waals surface area contributed by atoms with Gasteiger partial charge in [0, 0.05) is 28.0 Å². The zero-order valence-electron chi connectivity index (χ0n) is 14.9. The molecule has 0 aromatic heterocycles. The van der Waals surface area contributed by atoms with Crippen LogP contribution in [0.5, 0.6) is 0 Å². The Morgan fingerprint density at radius 2 is 2.00 bits per heavy atom. The normalized spacial score (nSPS) is 13.3. The van der Waals surface area contributed by atoms with Gasteiger partial charge in [-0.2, -0.15) is 0 Å². The van der Waals surface area contributed by atoms with Crippen LogP contribution in [-0.2, 0) is 4.74 Å². The van der Waals surface area contributed by atoms with Gasteiger partial charge in [-0.25, -0.2) is 8.78 Å². The van der Waals surface area contributed by atoms with Crippen LogP contribution in [0.4, 0.5) is 25.8 Å². The summed E-state index contributed by atoms with van der Waals surface area (Å²) in [5.74, 6) is -0.261. The van der Waals surface area contributed by atoms with Gasteiger partial charge in [0.2, 0.25) is 0 Å². The SMILES string of the molecule is C=C1C(OCCCN)=CN(C)c2cc(F)cc(Nc3ccc(I)cc3F)c21. The summed E-state index contributed by atoms with van der Waals surface area (Å²) in [6.45, 7) is 5.09. The van der Waals surface area contributed by atoms with Crippen molar-refractivity contribution >= 4 is 45.2 Å². The third kappa shape index (κ3) is 4.24. The highest BCUT2D eigenvalue weighted by Gasteiger charge is 2.25. The van der Waals surface area contributed by atoms with E-state index in [-0.39, 0.29) is 5.69 Å².